The van der Waals surface area contributed by atoms with E-state index < -0.39 is 0 Å². The van der Waals surface area contributed by atoms with Gasteiger partial charge in [0, 0.05) is 17.5 Å². The number of nitrogens with one attached hydrogen (secondary N) is 1. The molecule has 0 aliphatic carbocycles. The van der Waals surface area contributed by atoms with E-state index in [4.69, 9.17) is 5.73 Å². The maximum Gasteiger partial charge on any atom is 0.220 e. The van der Waals surface area contributed by atoms with E-state index in [0.29, 0.717) is 13.0 Å². The Hall–Kier alpha value is -0.940. The first-order chi connectivity index (χ1) is 7.67. The first kappa shape index (κ1) is 13.1. The van der Waals surface area contributed by atoms with E-state index >= 15 is 0 Å². The number of amides is 1. The highest BCUT2D eigenvalue weighted by molar-refractivity contribution is 7.11. The Morgan fingerprint density at radius 2 is 2.44 bits per heavy atom. The normalized spacial score (nSPS) is 12.4. The van der Waals surface area contributed by atoms with Gasteiger partial charge in [0.05, 0.1) is 6.04 Å². The van der Waals surface area contributed by atoms with Gasteiger partial charge in [-0.2, -0.15) is 0 Å². The summed E-state index contributed by atoms with van der Waals surface area (Å²) in [5.41, 5.74) is 5.35. The molecule has 1 rings (SSSR count). The summed E-state index contributed by atoms with van der Waals surface area (Å²) in [6.45, 7) is 4.61. The molecular weight excluding hydrogens is 222 g/mol. The molecule has 1 unspecified atom stereocenters. The Labute approximate surface area is 100 Å². The number of carbonyl (C=O) groups excluding carboxylic acids is 1. The van der Waals surface area contributed by atoms with Crippen LogP contribution in [0.15, 0.2) is 6.20 Å². The average molecular weight is 241 g/mol. The molecule has 1 amide bonds. The molecule has 0 spiro atoms. The maximum absolute atomic E-state index is 11.5. The van der Waals surface area contributed by atoms with Gasteiger partial charge >= 0.3 is 0 Å². The van der Waals surface area contributed by atoms with Gasteiger partial charge in [-0.3, -0.25) is 4.79 Å². The van der Waals surface area contributed by atoms with Crippen LogP contribution >= 0.6 is 11.3 Å². The monoisotopic (exact) mass is 241 g/mol. The Morgan fingerprint density at radius 3 is 3.00 bits per heavy atom. The van der Waals surface area contributed by atoms with Crippen molar-refractivity contribution in [2.45, 2.75) is 39.2 Å². The summed E-state index contributed by atoms with van der Waals surface area (Å²) >= 11 is 1.66. The lowest BCUT2D eigenvalue weighted by atomic mass is 10.2. The van der Waals surface area contributed by atoms with Crippen molar-refractivity contribution in [1.29, 1.82) is 0 Å². The van der Waals surface area contributed by atoms with Gasteiger partial charge in [-0.15, -0.1) is 11.3 Å². The Morgan fingerprint density at radius 1 is 1.69 bits per heavy atom. The molecule has 1 aromatic rings. The molecular formula is C11H19N3OS. The number of hydrogen-bond donors (Lipinski definition) is 2. The SMILES string of the molecule is CCc1cnc(C(C)NC(=O)CCCN)s1. The molecule has 0 aliphatic rings. The Kier molecular flexibility index (Phi) is 5.42. The van der Waals surface area contributed by atoms with Gasteiger partial charge in [0.1, 0.15) is 5.01 Å². The van der Waals surface area contributed by atoms with E-state index in [1.54, 1.807) is 11.3 Å². The van der Waals surface area contributed by atoms with Crippen LogP contribution in [0.5, 0.6) is 0 Å². The van der Waals surface area contributed by atoms with Crippen LogP contribution < -0.4 is 11.1 Å². The molecule has 4 nitrogen and oxygen atoms in total. The summed E-state index contributed by atoms with van der Waals surface area (Å²) in [6.07, 6.45) is 4.09. The quantitative estimate of drug-likeness (QED) is 0.795. The smallest absolute Gasteiger partial charge is 0.220 e. The first-order valence-corrected chi connectivity index (χ1v) is 6.43. The lowest BCUT2D eigenvalue weighted by Crippen LogP contribution is -2.26. The van der Waals surface area contributed by atoms with Crippen LogP contribution in [0.2, 0.25) is 0 Å². The third kappa shape index (κ3) is 3.90. The fourth-order valence-electron chi connectivity index (χ4n) is 1.32. The second-order valence-electron chi connectivity index (χ2n) is 3.70. The highest BCUT2D eigenvalue weighted by Crippen LogP contribution is 2.20. The van der Waals surface area contributed by atoms with Gasteiger partial charge in [0.25, 0.3) is 0 Å². The van der Waals surface area contributed by atoms with E-state index in [2.05, 4.69) is 17.2 Å². The molecule has 3 N–H and O–H groups in total. The number of aromatic nitrogens is 1. The van der Waals surface area contributed by atoms with Crippen LogP contribution in [0.25, 0.3) is 0 Å². The third-order valence-corrected chi connectivity index (χ3v) is 3.60. The van der Waals surface area contributed by atoms with Crippen molar-refractivity contribution in [2.75, 3.05) is 6.54 Å². The van der Waals surface area contributed by atoms with Gasteiger partial charge < -0.3 is 11.1 Å². The topological polar surface area (TPSA) is 68.0 Å². The molecule has 0 aliphatic heterocycles. The Balaban J connectivity index is 2.45. The second kappa shape index (κ2) is 6.60. The largest absolute Gasteiger partial charge is 0.347 e. The highest BCUT2D eigenvalue weighted by atomic mass is 32.1. The molecule has 16 heavy (non-hydrogen) atoms. The number of thiazole rings is 1. The minimum Gasteiger partial charge on any atom is -0.347 e. The molecule has 90 valence electrons. The molecule has 0 fully saturated rings. The predicted molar refractivity (Wildman–Crippen MR) is 66.3 cm³/mol. The number of nitrogens with zero attached hydrogens (tertiary/aromatic N) is 1. The number of hydrogen-bond acceptors (Lipinski definition) is 4. The van der Waals surface area contributed by atoms with Crippen molar-refractivity contribution in [3.63, 3.8) is 0 Å². The molecule has 0 aromatic carbocycles. The predicted octanol–water partition coefficient (Wildman–Crippen LogP) is 1.62. The second-order valence-corrected chi connectivity index (χ2v) is 4.85. The zero-order valence-electron chi connectivity index (χ0n) is 9.82. The molecule has 5 heteroatoms. The third-order valence-electron chi connectivity index (χ3n) is 2.28. The fraction of sp³-hybridized carbons (Fsp3) is 0.636. The van der Waals surface area contributed by atoms with Crippen LogP contribution in [0.1, 0.15) is 42.6 Å². The molecule has 1 heterocycles. The van der Waals surface area contributed by atoms with Crippen molar-refractivity contribution in [2.24, 2.45) is 5.73 Å². The standard InChI is InChI=1S/C11H19N3OS/c1-3-9-7-13-11(16-9)8(2)14-10(15)5-4-6-12/h7-8H,3-6,12H2,1-2H3,(H,14,15). The van der Waals surface area contributed by atoms with Crippen LogP contribution in [-0.4, -0.2) is 17.4 Å². The number of carbonyl (C=O) groups is 1. The van der Waals surface area contributed by atoms with Gasteiger partial charge in [-0.1, -0.05) is 6.92 Å². The van der Waals surface area contributed by atoms with Gasteiger partial charge in [-0.05, 0) is 26.3 Å². The highest BCUT2D eigenvalue weighted by Gasteiger charge is 2.12. The van der Waals surface area contributed by atoms with Crippen LogP contribution in [-0.2, 0) is 11.2 Å². The molecule has 1 aromatic heterocycles. The zero-order chi connectivity index (χ0) is 12.0. The fourth-order valence-corrected chi connectivity index (χ4v) is 2.18. The summed E-state index contributed by atoms with van der Waals surface area (Å²) in [7, 11) is 0. The van der Waals surface area contributed by atoms with Crippen LogP contribution in [0.3, 0.4) is 0 Å². The van der Waals surface area contributed by atoms with Gasteiger partial charge in [-0.25, -0.2) is 4.98 Å². The number of nitrogens with two attached hydrogens (primary N) is 1. The summed E-state index contributed by atoms with van der Waals surface area (Å²) < 4.78 is 0. The summed E-state index contributed by atoms with van der Waals surface area (Å²) in [6, 6.07) is -0.00410. The van der Waals surface area contributed by atoms with Crippen molar-refractivity contribution < 1.29 is 4.79 Å². The van der Waals surface area contributed by atoms with Crippen molar-refractivity contribution in [1.82, 2.24) is 10.3 Å². The van der Waals surface area contributed by atoms with Crippen LogP contribution in [0.4, 0.5) is 0 Å². The molecule has 1 atom stereocenters. The van der Waals surface area contributed by atoms with Crippen molar-refractivity contribution in [3.05, 3.63) is 16.1 Å². The molecule has 0 saturated heterocycles. The van der Waals surface area contributed by atoms with Crippen LogP contribution in [0, 0.1) is 0 Å². The maximum atomic E-state index is 11.5. The minimum atomic E-state index is -0.00410. The number of rotatable bonds is 6. The minimum absolute atomic E-state index is 0.00410. The Bertz CT molecular complexity index is 338. The van der Waals surface area contributed by atoms with Crippen molar-refractivity contribution in [3.8, 4) is 0 Å². The van der Waals surface area contributed by atoms with E-state index in [0.717, 1.165) is 17.8 Å². The van der Waals surface area contributed by atoms with E-state index in [9.17, 15) is 4.79 Å². The number of aryl methyl sites for hydroxylation is 1. The summed E-state index contributed by atoms with van der Waals surface area (Å²) in [5, 5.41) is 3.89. The van der Waals surface area contributed by atoms with Gasteiger partial charge in [0.15, 0.2) is 0 Å². The van der Waals surface area contributed by atoms with Crippen molar-refractivity contribution >= 4 is 17.2 Å². The summed E-state index contributed by atoms with van der Waals surface area (Å²) in [4.78, 5) is 17.0. The average Bonchev–Trinajstić information content (AvgIpc) is 2.74. The lowest BCUT2D eigenvalue weighted by molar-refractivity contribution is -0.121. The lowest BCUT2D eigenvalue weighted by Gasteiger charge is -2.10. The van der Waals surface area contributed by atoms with E-state index in [1.165, 1.54) is 4.88 Å². The zero-order valence-corrected chi connectivity index (χ0v) is 10.6. The molecule has 0 bridgehead atoms. The first-order valence-electron chi connectivity index (χ1n) is 5.61. The molecule has 0 saturated carbocycles. The summed E-state index contributed by atoms with van der Waals surface area (Å²) in [5.74, 6) is 0.0474. The van der Waals surface area contributed by atoms with Gasteiger partial charge in [0.2, 0.25) is 5.91 Å². The molecule has 0 radical (unpaired) electrons. The van der Waals surface area contributed by atoms with E-state index in [1.807, 2.05) is 13.1 Å². The van der Waals surface area contributed by atoms with E-state index in [-0.39, 0.29) is 11.9 Å².